The van der Waals surface area contributed by atoms with Crippen molar-refractivity contribution in [3.05, 3.63) is 137 Å². The Kier molecular flexibility index (Phi) is 6.30. The second-order valence-corrected chi connectivity index (χ2v) is 9.51. The molecule has 1 aliphatic heterocycles. The van der Waals surface area contributed by atoms with Gasteiger partial charge in [-0.1, -0.05) is 90.5 Å². The van der Waals surface area contributed by atoms with Crippen molar-refractivity contribution in [2.75, 3.05) is 12.4 Å². The number of anilines is 1. The van der Waals surface area contributed by atoms with Crippen LogP contribution in [0.4, 0.5) is 5.69 Å². The van der Waals surface area contributed by atoms with E-state index < -0.39 is 0 Å². The topological polar surface area (TPSA) is 30.5 Å². The third-order valence-electron chi connectivity index (χ3n) is 6.77. The molecule has 3 nitrogen and oxygen atoms in total. The molecule has 37 heavy (non-hydrogen) atoms. The van der Waals surface area contributed by atoms with Crippen LogP contribution in [0.2, 0.25) is 5.02 Å². The van der Waals surface area contributed by atoms with E-state index in [9.17, 15) is 0 Å². The van der Waals surface area contributed by atoms with Crippen molar-refractivity contribution < 1.29 is 9.47 Å². The van der Waals surface area contributed by atoms with E-state index in [1.165, 1.54) is 5.56 Å². The van der Waals surface area contributed by atoms with Crippen LogP contribution in [0.15, 0.2) is 115 Å². The first-order chi connectivity index (χ1) is 18.2. The highest BCUT2D eigenvalue weighted by Gasteiger charge is 2.30. The number of ether oxygens (including phenoxy) is 2. The van der Waals surface area contributed by atoms with E-state index in [0.717, 1.165) is 57.1 Å². The molecule has 0 bridgehead atoms. The second kappa shape index (κ2) is 10.0. The highest BCUT2D eigenvalue weighted by Crippen LogP contribution is 2.50. The maximum atomic E-state index is 6.61. The number of benzene rings is 5. The van der Waals surface area contributed by atoms with E-state index in [0.29, 0.717) is 5.02 Å². The van der Waals surface area contributed by atoms with Gasteiger partial charge < -0.3 is 14.8 Å². The molecule has 5 aromatic carbocycles. The van der Waals surface area contributed by atoms with Crippen LogP contribution in [0.25, 0.3) is 22.3 Å². The SMILES string of the molecule is COc1cccc2c1-c1ccc(-c3ccccc3NCc3ccccc3)cc1C(c1cccc(Cl)c1)O2. The third kappa shape index (κ3) is 4.54. The van der Waals surface area contributed by atoms with E-state index in [1.807, 2.05) is 42.5 Å². The maximum Gasteiger partial charge on any atom is 0.150 e. The fraction of sp³-hybridized carbons (Fsp3) is 0.0909. The Morgan fingerprint density at radius 2 is 1.59 bits per heavy atom. The molecule has 0 spiro atoms. The molecule has 0 fully saturated rings. The van der Waals surface area contributed by atoms with Gasteiger partial charge in [-0.15, -0.1) is 0 Å². The maximum absolute atomic E-state index is 6.61. The molecule has 1 atom stereocenters. The first kappa shape index (κ1) is 23.2. The molecule has 0 amide bonds. The molecule has 0 aromatic heterocycles. The van der Waals surface area contributed by atoms with Crippen LogP contribution in [0, 0.1) is 0 Å². The van der Waals surface area contributed by atoms with Gasteiger partial charge in [0.05, 0.1) is 12.7 Å². The lowest BCUT2D eigenvalue weighted by molar-refractivity contribution is 0.242. The zero-order valence-electron chi connectivity index (χ0n) is 20.4. The van der Waals surface area contributed by atoms with Crippen LogP contribution < -0.4 is 14.8 Å². The number of para-hydroxylation sites is 1. The minimum Gasteiger partial charge on any atom is -0.496 e. The molecule has 0 saturated carbocycles. The molecule has 1 unspecified atom stereocenters. The van der Waals surface area contributed by atoms with Crippen LogP contribution >= 0.6 is 11.6 Å². The lowest BCUT2D eigenvalue weighted by atomic mass is 9.86. The van der Waals surface area contributed by atoms with Gasteiger partial charge in [-0.2, -0.15) is 0 Å². The Morgan fingerprint density at radius 3 is 2.43 bits per heavy atom. The van der Waals surface area contributed by atoms with Crippen LogP contribution in [0.1, 0.15) is 22.8 Å². The van der Waals surface area contributed by atoms with Crippen molar-refractivity contribution in [1.82, 2.24) is 0 Å². The largest absolute Gasteiger partial charge is 0.496 e. The molecule has 0 saturated heterocycles. The Morgan fingerprint density at radius 1 is 0.784 bits per heavy atom. The summed E-state index contributed by atoms with van der Waals surface area (Å²) in [4.78, 5) is 0. The van der Waals surface area contributed by atoms with Crippen LogP contribution in [0.5, 0.6) is 11.5 Å². The monoisotopic (exact) mass is 503 g/mol. The standard InChI is InChI=1S/C33H26ClNO2/c1-36-30-15-8-16-31-32(30)27-18-17-23(20-28(27)33(37-31)24-11-7-12-25(34)19-24)26-13-5-6-14-29(26)35-21-22-9-3-2-4-10-22/h2-20,33,35H,21H2,1H3. The molecule has 6 rings (SSSR count). The molecule has 1 N–H and O–H groups in total. The normalized spacial score (nSPS) is 13.7. The van der Waals surface area contributed by atoms with E-state index in [1.54, 1.807) is 7.11 Å². The van der Waals surface area contributed by atoms with Crippen molar-refractivity contribution in [2.24, 2.45) is 0 Å². The summed E-state index contributed by atoms with van der Waals surface area (Å²) >= 11 is 6.39. The molecule has 0 aliphatic carbocycles. The summed E-state index contributed by atoms with van der Waals surface area (Å²) in [5, 5.41) is 4.31. The zero-order valence-corrected chi connectivity index (χ0v) is 21.2. The Labute approximate surface area is 222 Å². The van der Waals surface area contributed by atoms with Gasteiger partial charge in [0.15, 0.2) is 0 Å². The number of methoxy groups -OCH3 is 1. The van der Waals surface area contributed by atoms with E-state index in [2.05, 4.69) is 78.1 Å². The summed E-state index contributed by atoms with van der Waals surface area (Å²) in [5.41, 5.74) is 8.73. The Hall–Kier alpha value is -4.21. The van der Waals surface area contributed by atoms with Crippen molar-refractivity contribution in [3.8, 4) is 33.8 Å². The summed E-state index contributed by atoms with van der Waals surface area (Å²) in [6.45, 7) is 0.752. The second-order valence-electron chi connectivity index (χ2n) is 9.07. The molecular weight excluding hydrogens is 478 g/mol. The van der Waals surface area contributed by atoms with Crippen LogP contribution in [0.3, 0.4) is 0 Å². The number of hydrogen-bond donors (Lipinski definition) is 1. The van der Waals surface area contributed by atoms with Crippen molar-refractivity contribution >= 4 is 17.3 Å². The van der Waals surface area contributed by atoms with Crippen molar-refractivity contribution in [3.63, 3.8) is 0 Å². The van der Waals surface area contributed by atoms with Gasteiger partial charge in [0.25, 0.3) is 0 Å². The predicted octanol–water partition coefficient (Wildman–Crippen LogP) is 8.78. The van der Waals surface area contributed by atoms with Gasteiger partial charge in [-0.3, -0.25) is 0 Å². The van der Waals surface area contributed by atoms with Crippen molar-refractivity contribution in [1.29, 1.82) is 0 Å². The van der Waals surface area contributed by atoms with E-state index in [4.69, 9.17) is 21.1 Å². The average Bonchev–Trinajstić information content (AvgIpc) is 2.95. The van der Waals surface area contributed by atoms with E-state index >= 15 is 0 Å². The first-order valence-corrected chi connectivity index (χ1v) is 12.7. The first-order valence-electron chi connectivity index (χ1n) is 12.3. The minimum atomic E-state index is -0.294. The third-order valence-corrected chi connectivity index (χ3v) is 7.01. The predicted molar refractivity (Wildman–Crippen MR) is 152 cm³/mol. The van der Waals surface area contributed by atoms with Gasteiger partial charge in [-0.25, -0.2) is 0 Å². The molecule has 5 aromatic rings. The number of hydrogen-bond acceptors (Lipinski definition) is 3. The van der Waals surface area contributed by atoms with Crippen LogP contribution in [-0.2, 0) is 6.54 Å². The summed E-state index contributed by atoms with van der Waals surface area (Å²) in [7, 11) is 1.70. The summed E-state index contributed by atoms with van der Waals surface area (Å²) in [6.07, 6.45) is -0.294. The summed E-state index contributed by atoms with van der Waals surface area (Å²) < 4.78 is 12.3. The molecule has 1 aliphatic rings. The summed E-state index contributed by atoms with van der Waals surface area (Å²) in [5.74, 6) is 1.59. The lowest BCUT2D eigenvalue weighted by Gasteiger charge is -2.31. The fourth-order valence-electron chi connectivity index (χ4n) is 5.01. The highest BCUT2D eigenvalue weighted by molar-refractivity contribution is 6.30. The molecule has 1 heterocycles. The van der Waals surface area contributed by atoms with Gasteiger partial charge in [0, 0.05) is 28.4 Å². The lowest BCUT2D eigenvalue weighted by Crippen LogP contribution is -2.16. The number of rotatable bonds is 6. The smallest absolute Gasteiger partial charge is 0.150 e. The highest BCUT2D eigenvalue weighted by atomic mass is 35.5. The number of fused-ring (bicyclic) bond motifs is 3. The fourth-order valence-corrected chi connectivity index (χ4v) is 5.21. The molecule has 4 heteroatoms. The Bertz CT molecular complexity index is 1560. The average molecular weight is 504 g/mol. The van der Waals surface area contributed by atoms with Gasteiger partial charge in [-0.05, 0) is 58.7 Å². The van der Waals surface area contributed by atoms with Gasteiger partial charge in [0.1, 0.15) is 17.6 Å². The quantitative estimate of drug-likeness (QED) is 0.251. The van der Waals surface area contributed by atoms with Gasteiger partial charge in [0.2, 0.25) is 0 Å². The molecule has 0 radical (unpaired) electrons. The number of halogens is 1. The summed E-state index contributed by atoms with van der Waals surface area (Å²) in [6, 6.07) is 39.3. The van der Waals surface area contributed by atoms with E-state index in [-0.39, 0.29) is 6.10 Å². The van der Waals surface area contributed by atoms with Gasteiger partial charge >= 0.3 is 0 Å². The van der Waals surface area contributed by atoms with Crippen LogP contribution in [-0.4, -0.2) is 7.11 Å². The number of nitrogens with one attached hydrogen (secondary N) is 1. The molecule has 182 valence electrons. The minimum absolute atomic E-state index is 0.294. The molecular formula is C33H26ClNO2. The van der Waals surface area contributed by atoms with Crippen molar-refractivity contribution in [2.45, 2.75) is 12.6 Å². The zero-order chi connectivity index (χ0) is 25.2. The Balaban J connectivity index is 1.46.